The zero-order valence-corrected chi connectivity index (χ0v) is 10.0. The summed E-state index contributed by atoms with van der Waals surface area (Å²) in [7, 11) is 0. The summed E-state index contributed by atoms with van der Waals surface area (Å²) in [4.78, 5) is 10.6. The van der Waals surface area contributed by atoms with Crippen LogP contribution in [0.15, 0.2) is 0 Å². The van der Waals surface area contributed by atoms with Gasteiger partial charge in [-0.2, -0.15) is 5.26 Å². The van der Waals surface area contributed by atoms with Crippen molar-refractivity contribution in [2.24, 2.45) is 5.41 Å². The maximum atomic E-state index is 10.6. The first kappa shape index (κ1) is 13.2. The molecule has 1 aliphatic rings. The Bertz CT molecular complexity index is 270. The molecule has 1 fully saturated rings. The molecular formula is C13H21NO2. The maximum absolute atomic E-state index is 10.6. The SMILES string of the molecule is CC(O)(CC=O)C1(C#N)CCCCCCC1. The highest BCUT2D eigenvalue weighted by Crippen LogP contribution is 2.43. The molecule has 90 valence electrons. The van der Waals surface area contributed by atoms with Crippen molar-refractivity contribution in [3.63, 3.8) is 0 Å². The third kappa shape index (κ3) is 2.62. The standard InChI is InChI=1S/C13H21NO2/c1-12(16,9-10-15)13(11-14)7-5-3-2-4-6-8-13/h10,16H,2-9H2,1H3. The molecule has 1 N–H and O–H groups in total. The molecule has 1 aliphatic carbocycles. The monoisotopic (exact) mass is 223 g/mol. The molecule has 1 saturated carbocycles. The number of rotatable bonds is 3. The molecule has 0 bridgehead atoms. The van der Waals surface area contributed by atoms with Crippen LogP contribution < -0.4 is 0 Å². The second kappa shape index (κ2) is 5.45. The van der Waals surface area contributed by atoms with Gasteiger partial charge in [-0.3, -0.25) is 0 Å². The number of aldehydes is 1. The van der Waals surface area contributed by atoms with Gasteiger partial charge in [0.25, 0.3) is 0 Å². The minimum Gasteiger partial charge on any atom is -0.388 e. The van der Waals surface area contributed by atoms with E-state index >= 15 is 0 Å². The van der Waals surface area contributed by atoms with E-state index in [1.807, 2.05) is 0 Å². The van der Waals surface area contributed by atoms with Gasteiger partial charge in [-0.1, -0.05) is 32.1 Å². The third-order valence-electron chi connectivity index (χ3n) is 3.93. The highest BCUT2D eigenvalue weighted by atomic mass is 16.3. The zero-order valence-electron chi connectivity index (χ0n) is 10.0. The van der Waals surface area contributed by atoms with Crippen LogP contribution >= 0.6 is 0 Å². The molecule has 16 heavy (non-hydrogen) atoms. The van der Waals surface area contributed by atoms with Gasteiger partial charge in [0.2, 0.25) is 0 Å². The number of nitriles is 1. The van der Waals surface area contributed by atoms with Gasteiger partial charge in [0.05, 0.1) is 17.1 Å². The summed E-state index contributed by atoms with van der Waals surface area (Å²) in [6.07, 6.45) is 7.62. The second-order valence-corrected chi connectivity index (χ2v) is 5.11. The van der Waals surface area contributed by atoms with E-state index in [4.69, 9.17) is 0 Å². The second-order valence-electron chi connectivity index (χ2n) is 5.11. The number of nitrogens with zero attached hydrogens (tertiary/aromatic N) is 1. The Morgan fingerprint density at radius 1 is 1.31 bits per heavy atom. The van der Waals surface area contributed by atoms with Crippen molar-refractivity contribution in [1.82, 2.24) is 0 Å². The Labute approximate surface area is 97.5 Å². The largest absolute Gasteiger partial charge is 0.388 e. The number of hydrogen-bond acceptors (Lipinski definition) is 3. The lowest BCUT2D eigenvalue weighted by Crippen LogP contribution is -2.45. The van der Waals surface area contributed by atoms with E-state index in [0.29, 0.717) is 12.8 Å². The molecule has 3 heteroatoms. The van der Waals surface area contributed by atoms with Crippen molar-refractivity contribution in [1.29, 1.82) is 5.26 Å². The number of hydrogen-bond donors (Lipinski definition) is 1. The van der Waals surface area contributed by atoms with Gasteiger partial charge >= 0.3 is 0 Å². The van der Waals surface area contributed by atoms with Crippen LogP contribution in [-0.4, -0.2) is 17.0 Å². The molecular weight excluding hydrogens is 202 g/mol. The summed E-state index contributed by atoms with van der Waals surface area (Å²) in [6, 6.07) is 2.30. The molecule has 0 saturated heterocycles. The van der Waals surface area contributed by atoms with Crippen molar-refractivity contribution >= 4 is 6.29 Å². The molecule has 0 radical (unpaired) electrons. The average Bonchev–Trinajstić information content (AvgIpc) is 2.17. The van der Waals surface area contributed by atoms with E-state index in [-0.39, 0.29) is 6.42 Å². The molecule has 0 heterocycles. The van der Waals surface area contributed by atoms with E-state index in [9.17, 15) is 15.2 Å². The van der Waals surface area contributed by atoms with Crippen LogP contribution in [-0.2, 0) is 4.79 Å². The lowest BCUT2D eigenvalue weighted by atomic mass is 9.65. The lowest BCUT2D eigenvalue weighted by Gasteiger charge is -2.40. The number of aliphatic hydroxyl groups is 1. The Morgan fingerprint density at radius 3 is 2.25 bits per heavy atom. The summed E-state index contributed by atoms with van der Waals surface area (Å²) in [5.41, 5.74) is -1.91. The fourth-order valence-corrected chi connectivity index (χ4v) is 2.64. The summed E-state index contributed by atoms with van der Waals surface area (Å²) in [5, 5.41) is 19.7. The van der Waals surface area contributed by atoms with E-state index in [2.05, 4.69) is 6.07 Å². The van der Waals surface area contributed by atoms with Crippen LogP contribution in [0.2, 0.25) is 0 Å². The Balaban J connectivity index is 2.88. The van der Waals surface area contributed by atoms with Crippen LogP contribution in [0.3, 0.4) is 0 Å². The van der Waals surface area contributed by atoms with Gasteiger partial charge in [-0.15, -0.1) is 0 Å². The van der Waals surface area contributed by atoms with Crippen LogP contribution in [0.25, 0.3) is 0 Å². The zero-order chi connectivity index (χ0) is 12.1. The molecule has 0 amide bonds. The Hall–Kier alpha value is -0.880. The van der Waals surface area contributed by atoms with Gasteiger partial charge < -0.3 is 9.90 Å². The van der Waals surface area contributed by atoms with E-state index in [1.54, 1.807) is 6.92 Å². The van der Waals surface area contributed by atoms with Gasteiger partial charge in [0.15, 0.2) is 0 Å². The quantitative estimate of drug-likeness (QED) is 0.748. The van der Waals surface area contributed by atoms with Crippen LogP contribution in [0.1, 0.15) is 58.3 Å². The highest BCUT2D eigenvalue weighted by molar-refractivity contribution is 5.52. The molecule has 1 rings (SSSR count). The summed E-state index contributed by atoms with van der Waals surface area (Å²) in [6.45, 7) is 1.63. The number of carbonyl (C=O) groups is 1. The summed E-state index contributed by atoms with van der Waals surface area (Å²) < 4.78 is 0. The Morgan fingerprint density at radius 2 is 1.81 bits per heavy atom. The molecule has 0 aromatic rings. The fourth-order valence-electron chi connectivity index (χ4n) is 2.64. The molecule has 1 atom stereocenters. The first-order valence-electron chi connectivity index (χ1n) is 6.15. The number of carbonyl (C=O) groups excluding carboxylic acids is 1. The highest BCUT2D eigenvalue weighted by Gasteiger charge is 2.46. The van der Waals surface area contributed by atoms with E-state index in [0.717, 1.165) is 32.0 Å². The van der Waals surface area contributed by atoms with Gasteiger partial charge in [-0.05, 0) is 19.8 Å². The van der Waals surface area contributed by atoms with E-state index < -0.39 is 11.0 Å². The normalized spacial score (nSPS) is 24.6. The van der Waals surface area contributed by atoms with Crippen LogP contribution in [0.5, 0.6) is 0 Å². The average molecular weight is 223 g/mol. The van der Waals surface area contributed by atoms with Gasteiger partial charge in [-0.25, -0.2) is 0 Å². The topological polar surface area (TPSA) is 61.1 Å². The van der Waals surface area contributed by atoms with Crippen molar-refractivity contribution < 1.29 is 9.90 Å². The van der Waals surface area contributed by atoms with Crippen molar-refractivity contribution in [3.8, 4) is 6.07 Å². The Kier molecular flexibility index (Phi) is 4.49. The minimum absolute atomic E-state index is 0.0561. The molecule has 0 spiro atoms. The molecule has 0 aliphatic heterocycles. The lowest BCUT2D eigenvalue weighted by molar-refractivity contribution is -0.117. The van der Waals surface area contributed by atoms with Gasteiger partial charge in [0, 0.05) is 6.42 Å². The summed E-state index contributed by atoms with van der Waals surface area (Å²) >= 11 is 0. The van der Waals surface area contributed by atoms with Gasteiger partial charge in [0.1, 0.15) is 6.29 Å². The molecule has 0 aromatic heterocycles. The first-order chi connectivity index (χ1) is 7.58. The summed E-state index contributed by atoms with van der Waals surface area (Å²) in [5.74, 6) is 0. The van der Waals surface area contributed by atoms with Crippen molar-refractivity contribution in [2.45, 2.75) is 63.9 Å². The van der Waals surface area contributed by atoms with Crippen LogP contribution in [0.4, 0.5) is 0 Å². The van der Waals surface area contributed by atoms with E-state index in [1.165, 1.54) is 6.42 Å². The molecule has 1 unspecified atom stereocenters. The predicted molar refractivity (Wildman–Crippen MR) is 61.7 cm³/mol. The smallest absolute Gasteiger partial charge is 0.122 e. The molecule has 3 nitrogen and oxygen atoms in total. The minimum atomic E-state index is -1.18. The van der Waals surface area contributed by atoms with Crippen LogP contribution in [0, 0.1) is 16.7 Å². The third-order valence-corrected chi connectivity index (χ3v) is 3.93. The first-order valence-corrected chi connectivity index (χ1v) is 6.15. The fraction of sp³-hybridized carbons (Fsp3) is 0.846. The van der Waals surface area contributed by atoms with Crippen molar-refractivity contribution in [2.75, 3.05) is 0 Å². The van der Waals surface area contributed by atoms with Crippen molar-refractivity contribution in [3.05, 3.63) is 0 Å². The maximum Gasteiger partial charge on any atom is 0.122 e. The predicted octanol–water partition coefficient (Wildman–Crippen LogP) is 2.58. The molecule has 0 aromatic carbocycles.